The van der Waals surface area contributed by atoms with Crippen LogP contribution in [0.15, 0.2) is 162 Å². The Morgan fingerprint density at radius 1 is 0.455 bits per heavy atom. The van der Waals surface area contributed by atoms with E-state index in [-0.39, 0.29) is 5.84 Å². The number of aliphatic imine (C=N–C) groups is 2. The van der Waals surface area contributed by atoms with E-state index in [4.69, 9.17) is 15.4 Å². The summed E-state index contributed by atoms with van der Waals surface area (Å²) in [4.78, 5) is 9.96. The molecule has 0 saturated heterocycles. The Morgan fingerprint density at radius 3 is 1.45 bits per heavy atom. The molecule has 8 rings (SSSR count). The average Bonchev–Trinajstić information content (AvgIpc) is 3.56. The third-order valence-corrected chi connectivity index (χ3v) is 8.99. The molecule has 44 heavy (non-hydrogen) atoms. The number of hydrogen-bond donors (Lipinski definition) is 1. The summed E-state index contributed by atoms with van der Waals surface area (Å²) in [6, 6.07) is 52.8. The van der Waals surface area contributed by atoms with Gasteiger partial charge in [-0.1, -0.05) is 146 Å². The molecule has 2 aliphatic carbocycles. The van der Waals surface area contributed by atoms with Crippen molar-refractivity contribution in [3.05, 3.63) is 191 Å². The molecule has 0 fully saturated rings. The van der Waals surface area contributed by atoms with Gasteiger partial charge in [0.15, 0.2) is 11.7 Å². The maximum atomic E-state index is 8.91. The summed E-state index contributed by atoms with van der Waals surface area (Å²) in [7, 11) is 0. The van der Waals surface area contributed by atoms with Gasteiger partial charge in [0.1, 0.15) is 0 Å². The lowest BCUT2D eigenvalue weighted by molar-refractivity contribution is 0.793. The first-order valence-electron chi connectivity index (χ1n) is 14.9. The predicted octanol–water partition coefficient (Wildman–Crippen LogP) is 9.31. The lowest BCUT2D eigenvalue weighted by atomic mass is 9.70. The lowest BCUT2D eigenvalue weighted by Gasteiger charge is -2.30. The minimum Gasteiger partial charge on any atom is -0.282 e. The molecule has 0 heterocycles. The highest BCUT2D eigenvalue weighted by Gasteiger charge is 2.51. The molecule has 0 aliphatic heterocycles. The largest absolute Gasteiger partial charge is 0.282 e. The fraction of sp³-hybridized carbons (Fsp3) is 0.0488. The zero-order valence-electron chi connectivity index (χ0n) is 24.3. The topological polar surface area (TPSA) is 48.6 Å². The Balaban J connectivity index is 1.39. The molecule has 0 bridgehead atoms. The van der Waals surface area contributed by atoms with E-state index in [1.807, 2.05) is 55.5 Å². The summed E-state index contributed by atoms with van der Waals surface area (Å²) >= 11 is 0. The monoisotopic (exact) mass is 563 g/mol. The molecule has 0 saturated carbocycles. The number of nitrogens with one attached hydrogen (secondary N) is 1. The highest BCUT2D eigenvalue weighted by atomic mass is 15.0. The summed E-state index contributed by atoms with van der Waals surface area (Å²) in [5.74, 6) is 0.703. The van der Waals surface area contributed by atoms with Gasteiger partial charge in [0.2, 0.25) is 0 Å². The van der Waals surface area contributed by atoms with Gasteiger partial charge in [-0.25, -0.2) is 9.98 Å². The summed E-state index contributed by atoms with van der Waals surface area (Å²) < 4.78 is 0. The summed E-state index contributed by atoms with van der Waals surface area (Å²) in [6.45, 7) is 2.01. The van der Waals surface area contributed by atoms with Crippen LogP contribution in [0.2, 0.25) is 0 Å². The number of amidine groups is 2. The minimum atomic E-state index is -0.453. The molecule has 0 amide bonds. The van der Waals surface area contributed by atoms with E-state index in [1.165, 1.54) is 44.5 Å². The second kappa shape index (κ2) is 10.3. The Labute approximate surface area is 257 Å². The van der Waals surface area contributed by atoms with Crippen molar-refractivity contribution in [3.63, 3.8) is 0 Å². The zero-order valence-corrected chi connectivity index (χ0v) is 24.3. The first-order chi connectivity index (χ1) is 21.7. The van der Waals surface area contributed by atoms with Crippen molar-refractivity contribution in [2.45, 2.75) is 12.3 Å². The van der Waals surface area contributed by atoms with Crippen LogP contribution < -0.4 is 0 Å². The first kappa shape index (κ1) is 26.0. The van der Waals surface area contributed by atoms with Crippen LogP contribution in [0.3, 0.4) is 0 Å². The number of benzene rings is 6. The van der Waals surface area contributed by atoms with Gasteiger partial charge >= 0.3 is 0 Å². The quantitative estimate of drug-likeness (QED) is 0.165. The standard InChI is InChI=1S/C41H29N3/c1-27(28-14-4-2-5-15-28)43-40(44-39(42)29-16-6-3-7-17-29)30-24-25-34-33-20-10-13-23-37(33)41(38(34)26-30)35-21-11-8-18-31(35)32-19-9-12-22-36(32)41/h2-26,42H,1H3. The van der Waals surface area contributed by atoms with Crippen molar-refractivity contribution < 1.29 is 0 Å². The van der Waals surface area contributed by atoms with Gasteiger partial charge in [-0.15, -0.1) is 0 Å². The molecule has 1 N–H and O–H groups in total. The number of nitrogens with zero attached hydrogens (tertiary/aromatic N) is 2. The van der Waals surface area contributed by atoms with Crippen molar-refractivity contribution in [3.8, 4) is 22.3 Å². The highest BCUT2D eigenvalue weighted by molar-refractivity contribution is 6.16. The van der Waals surface area contributed by atoms with Crippen LogP contribution in [0.25, 0.3) is 22.3 Å². The molecule has 6 aromatic rings. The third kappa shape index (κ3) is 3.86. The molecule has 0 atom stereocenters. The molecule has 3 heteroatoms. The molecule has 0 radical (unpaired) electrons. The van der Waals surface area contributed by atoms with E-state index in [2.05, 4.69) is 103 Å². The Bertz CT molecular complexity index is 2080. The van der Waals surface area contributed by atoms with Gasteiger partial charge in [-0.05, 0) is 63.1 Å². The molecular formula is C41H29N3. The molecule has 0 aromatic heterocycles. The smallest absolute Gasteiger partial charge is 0.161 e. The van der Waals surface area contributed by atoms with Gasteiger partial charge in [0.25, 0.3) is 0 Å². The van der Waals surface area contributed by atoms with Gasteiger partial charge < -0.3 is 0 Å². The van der Waals surface area contributed by atoms with E-state index >= 15 is 0 Å². The third-order valence-electron chi connectivity index (χ3n) is 8.99. The predicted molar refractivity (Wildman–Crippen MR) is 181 cm³/mol. The van der Waals surface area contributed by atoms with Crippen molar-refractivity contribution in [2.24, 2.45) is 9.98 Å². The molecular weight excluding hydrogens is 534 g/mol. The normalized spacial score (nSPS) is 14.1. The SMILES string of the molecule is CC(=NC(=NC(=N)c1ccccc1)c1ccc2c(c1)C1(c3ccccc3-c3ccccc31)c1ccccc1-2)c1ccccc1. The minimum absolute atomic E-state index is 0.181. The molecule has 208 valence electrons. The highest BCUT2D eigenvalue weighted by Crippen LogP contribution is 2.62. The maximum absolute atomic E-state index is 8.91. The van der Waals surface area contributed by atoms with E-state index < -0.39 is 5.41 Å². The molecule has 3 nitrogen and oxygen atoms in total. The van der Waals surface area contributed by atoms with Crippen molar-refractivity contribution in [1.82, 2.24) is 0 Å². The maximum Gasteiger partial charge on any atom is 0.161 e. The molecule has 1 spiro atoms. The number of hydrogen-bond acceptors (Lipinski definition) is 1. The first-order valence-corrected chi connectivity index (χ1v) is 14.9. The van der Waals surface area contributed by atoms with Gasteiger partial charge in [0.05, 0.1) is 5.41 Å². The lowest BCUT2D eigenvalue weighted by Crippen LogP contribution is -2.26. The van der Waals surface area contributed by atoms with E-state index in [1.54, 1.807) is 0 Å². The molecule has 2 aliphatic rings. The summed E-state index contributed by atoms with van der Waals surface area (Å²) in [5.41, 5.74) is 13.2. The van der Waals surface area contributed by atoms with E-state index in [0.717, 1.165) is 22.4 Å². The average molecular weight is 564 g/mol. The van der Waals surface area contributed by atoms with Crippen LogP contribution in [0.5, 0.6) is 0 Å². The zero-order chi connectivity index (χ0) is 29.7. The summed E-state index contributed by atoms with van der Waals surface area (Å²) in [5, 5.41) is 8.91. The fourth-order valence-corrected chi connectivity index (χ4v) is 7.06. The Hall–Kier alpha value is -5.67. The van der Waals surface area contributed by atoms with Crippen LogP contribution >= 0.6 is 0 Å². The molecule has 0 unspecified atom stereocenters. The fourth-order valence-electron chi connectivity index (χ4n) is 7.06. The van der Waals surface area contributed by atoms with E-state index in [9.17, 15) is 0 Å². The number of fused-ring (bicyclic) bond motifs is 10. The second-order valence-corrected chi connectivity index (χ2v) is 11.4. The van der Waals surface area contributed by atoms with Crippen LogP contribution in [-0.2, 0) is 5.41 Å². The van der Waals surface area contributed by atoms with Crippen molar-refractivity contribution in [2.75, 3.05) is 0 Å². The van der Waals surface area contributed by atoms with E-state index in [0.29, 0.717) is 5.84 Å². The van der Waals surface area contributed by atoms with Crippen LogP contribution in [0, 0.1) is 5.41 Å². The number of rotatable bonds is 3. The van der Waals surface area contributed by atoms with Crippen molar-refractivity contribution >= 4 is 17.4 Å². The summed E-state index contributed by atoms with van der Waals surface area (Å²) in [6.07, 6.45) is 0. The Kier molecular flexibility index (Phi) is 6.06. The Morgan fingerprint density at radius 2 is 0.909 bits per heavy atom. The van der Waals surface area contributed by atoms with Gasteiger partial charge in [-0.2, -0.15) is 0 Å². The van der Waals surface area contributed by atoms with Crippen LogP contribution in [0.4, 0.5) is 0 Å². The second-order valence-electron chi connectivity index (χ2n) is 11.4. The van der Waals surface area contributed by atoms with Crippen LogP contribution in [-0.4, -0.2) is 17.4 Å². The van der Waals surface area contributed by atoms with Gasteiger partial charge in [0, 0.05) is 16.8 Å². The van der Waals surface area contributed by atoms with Crippen LogP contribution in [0.1, 0.15) is 45.9 Å². The van der Waals surface area contributed by atoms with Gasteiger partial charge in [-0.3, -0.25) is 5.41 Å². The van der Waals surface area contributed by atoms with Crippen molar-refractivity contribution in [1.29, 1.82) is 5.41 Å². The molecule has 6 aromatic carbocycles.